The Hall–Kier alpha value is -3.50. The molecule has 33 heavy (non-hydrogen) atoms. The Morgan fingerprint density at radius 2 is 1.36 bits per heavy atom. The third-order valence-corrected chi connectivity index (χ3v) is 4.57. The predicted molar refractivity (Wildman–Crippen MR) is 111 cm³/mol. The number of anilines is 2. The van der Waals surface area contributed by atoms with Crippen LogP contribution in [-0.2, 0) is 17.8 Å². The monoisotopic (exact) mass is 470 g/mol. The van der Waals surface area contributed by atoms with Crippen LogP contribution in [0.15, 0.2) is 54.6 Å². The number of amides is 2. The van der Waals surface area contributed by atoms with E-state index < -0.39 is 40.6 Å². The van der Waals surface area contributed by atoms with Crippen LogP contribution in [0.1, 0.15) is 37.6 Å². The molecule has 2 N–H and O–H groups in total. The number of benzene rings is 2. The molecule has 176 valence electrons. The van der Waals surface area contributed by atoms with Crippen LogP contribution in [0.2, 0.25) is 0 Å². The topological polar surface area (TPSA) is 59.0 Å². The van der Waals surface area contributed by atoms with Gasteiger partial charge in [-0.15, -0.1) is 0 Å². The molecule has 5 nitrogen and oxygen atoms in total. The SMILES string of the molecule is CC(C)(C)c1cc(NC(=O)Nc2cc(C(F)(F)F)cc(C(F)(F)F)c2)n(-c2ccccc2)n1. The molecule has 0 spiro atoms. The summed E-state index contributed by atoms with van der Waals surface area (Å²) in [7, 11) is 0. The average Bonchev–Trinajstić information content (AvgIpc) is 3.11. The van der Waals surface area contributed by atoms with E-state index in [1.54, 1.807) is 36.4 Å². The Morgan fingerprint density at radius 3 is 1.85 bits per heavy atom. The quantitative estimate of drug-likeness (QED) is 0.411. The van der Waals surface area contributed by atoms with Crippen LogP contribution in [0.4, 0.5) is 42.6 Å². The second-order valence-electron chi connectivity index (χ2n) is 8.29. The van der Waals surface area contributed by atoms with Gasteiger partial charge in [-0.3, -0.25) is 5.32 Å². The molecule has 0 atom stereocenters. The summed E-state index contributed by atoms with van der Waals surface area (Å²) in [6.07, 6.45) is -10.1. The molecule has 1 aromatic heterocycles. The van der Waals surface area contributed by atoms with Crippen molar-refractivity contribution in [1.29, 1.82) is 0 Å². The van der Waals surface area contributed by atoms with Gasteiger partial charge < -0.3 is 5.32 Å². The number of nitrogens with zero attached hydrogens (tertiary/aromatic N) is 2. The summed E-state index contributed by atoms with van der Waals surface area (Å²) in [6, 6.07) is 10.1. The molecule has 3 rings (SSSR count). The van der Waals surface area contributed by atoms with E-state index in [1.807, 2.05) is 20.8 Å². The Morgan fingerprint density at radius 1 is 0.818 bits per heavy atom. The number of halogens is 6. The molecule has 3 aromatic rings. The molecular weight excluding hydrogens is 450 g/mol. The number of hydrogen-bond donors (Lipinski definition) is 2. The van der Waals surface area contributed by atoms with Crippen LogP contribution >= 0.6 is 0 Å². The fourth-order valence-electron chi connectivity index (χ4n) is 2.91. The molecule has 11 heteroatoms. The Bertz CT molecular complexity index is 1110. The van der Waals surface area contributed by atoms with E-state index in [2.05, 4.69) is 15.7 Å². The summed E-state index contributed by atoms with van der Waals surface area (Å²) in [6.45, 7) is 5.70. The number of hydrogen-bond acceptors (Lipinski definition) is 2. The highest BCUT2D eigenvalue weighted by atomic mass is 19.4. The van der Waals surface area contributed by atoms with Crippen LogP contribution in [0.5, 0.6) is 0 Å². The molecule has 0 aliphatic heterocycles. The first-order valence-electron chi connectivity index (χ1n) is 9.68. The highest BCUT2D eigenvalue weighted by Crippen LogP contribution is 2.37. The standard InChI is InChI=1S/C22H20F6N4O/c1-20(2,3)17-12-18(32(31-17)16-7-5-4-6-8-16)30-19(33)29-15-10-13(21(23,24)25)9-14(11-15)22(26,27)28/h4-12H,1-3H3,(H2,29,30,33). The summed E-state index contributed by atoms with van der Waals surface area (Å²) in [5.74, 6) is 0.187. The van der Waals surface area contributed by atoms with Crippen LogP contribution in [0.3, 0.4) is 0 Å². The average molecular weight is 470 g/mol. The number of alkyl halides is 6. The van der Waals surface area contributed by atoms with E-state index >= 15 is 0 Å². The minimum atomic E-state index is -5.03. The van der Waals surface area contributed by atoms with E-state index in [9.17, 15) is 31.1 Å². The number of aromatic nitrogens is 2. The maximum absolute atomic E-state index is 13.1. The van der Waals surface area contributed by atoms with Gasteiger partial charge in [0.25, 0.3) is 0 Å². The lowest BCUT2D eigenvalue weighted by Crippen LogP contribution is -2.22. The van der Waals surface area contributed by atoms with Gasteiger partial charge in [0, 0.05) is 17.2 Å². The smallest absolute Gasteiger partial charge is 0.308 e. The van der Waals surface area contributed by atoms with Crippen LogP contribution in [-0.4, -0.2) is 15.8 Å². The van der Waals surface area contributed by atoms with E-state index in [0.717, 1.165) is 0 Å². The maximum Gasteiger partial charge on any atom is 0.416 e. The summed E-state index contributed by atoms with van der Waals surface area (Å²) < 4.78 is 79.8. The molecule has 0 unspecified atom stereocenters. The van der Waals surface area contributed by atoms with Crippen molar-refractivity contribution in [3.8, 4) is 5.69 Å². The van der Waals surface area contributed by atoms with Gasteiger partial charge in [0.1, 0.15) is 5.82 Å². The lowest BCUT2D eigenvalue weighted by molar-refractivity contribution is -0.143. The molecule has 0 aliphatic rings. The maximum atomic E-state index is 13.1. The Kier molecular flexibility index (Phi) is 6.18. The van der Waals surface area contributed by atoms with E-state index in [0.29, 0.717) is 23.5 Å². The van der Waals surface area contributed by atoms with Gasteiger partial charge in [0.2, 0.25) is 0 Å². The minimum absolute atomic E-state index is 0.0107. The zero-order valence-electron chi connectivity index (χ0n) is 17.8. The first-order chi connectivity index (χ1) is 15.1. The van der Waals surface area contributed by atoms with E-state index in [-0.39, 0.29) is 11.9 Å². The number of para-hydroxylation sites is 1. The summed E-state index contributed by atoms with van der Waals surface area (Å²) in [5, 5.41) is 8.99. The van der Waals surface area contributed by atoms with Gasteiger partial charge in [-0.25, -0.2) is 9.48 Å². The van der Waals surface area contributed by atoms with Gasteiger partial charge in [0.15, 0.2) is 0 Å². The molecule has 2 aromatic carbocycles. The van der Waals surface area contributed by atoms with Crippen molar-refractivity contribution in [2.75, 3.05) is 10.6 Å². The second kappa shape index (κ2) is 8.45. The Labute approximate surface area is 185 Å². The zero-order chi connectivity index (χ0) is 24.6. The van der Waals surface area contributed by atoms with Crippen molar-refractivity contribution in [1.82, 2.24) is 9.78 Å². The van der Waals surface area contributed by atoms with Crippen molar-refractivity contribution in [2.45, 2.75) is 38.5 Å². The molecule has 0 aliphatic carbocycles. The molecule has 0 radical (unpaired) electrons. The summed E-state index contributed by atoms with van der Waals surface area (Å²) in [5.41, 5.74) is -2.90. The minimum Gasteiger partial charge on any atom is -0.308 e. The lowest BCUT2D eigenvalue weighted by atomic mass is 9.92. The lowest BCUT2D eigenvalue weighted by Gasteiger charge is -2.15. The second-order valence-corrected chi connectivity index (χ2v) is 8.29. The summed E-state index contributed by atoms with van der Waals surface area (Å²) >= 11 is 0. The molecule has 0 fully saturated rings. The first-order valence-corrected chi connectivity index (χ1v) is 9.68. The molecule has 1 heterocycles. The number of carbonyl (C=O) groups is 1. The van der Waals surface area contributed by atoms with Crippen molar-refractivity contribution in [2.24, 2.45) is 0 Å². The molecule has 0 bridgehead atoms. The zero-order valence-corrected chi connectivity index (χ0v) is 17.8. The van der Waals surface area contributed by atoms with Gasteiger partial charge >= 0.3 is 18.4 Å². The number of carbonyl (C=O) groups excluding carboxylic acids is 1. The van der Waals surface area contributed by atoms with Gasteiger partial charge in [-0.1, -0.05) is 39.0 Å². The third kappa shape index (κ3) is 5.85. The number of rotatable bonds is 3. The molecule has 0 saturated heterocycles. The van der Waals surface area contributed by atoms with Crippen LogP contribution in [0, 0.1) is 0 Å². The fraction of sp³-hybridized carbons (Fsp3) is 0.273. The highest BCUT2D eigenvalue weighted by Gasteiger charge is 2.37. The van der Waals surface area contributed by atoms with E-state index in [1.165, 1.54) is 4.68 Å². The molecule has 2 amide bonds. The molecule has 0 saturated carbocycles. The van der Waals surface area contributed by atoms with Gasteiger partial charge in [-0.05, 0) is 30.3 Å². The van der Waals surface area contributed by atoms with Gasteiger partial charge in [0.05, 0.1) is 22.5 Å². The van der Waals surface area contributed by atoms with Crippen molar-refractivity contribution >= 4 is 17.5 Å². The van der Waals surface area contributed by atoms with Crippen LogP contribution < -0.4 is 10.6 Å². The molecular formula is C22H20F6N4O. The van der Waals surface area contributed by atoms with Crippen molar-refractivity contribution in [3.05, 3.63) is 71.4 Å². The van der Waals surface area contributed by atoms with Gasteiger partial charge in [-0.2, -0.15) is 31.4 Å². The Balaban J connectivity index is 1.94. The van der Waals surface area contributed by atoms with Crippen molar-refractivity contribution in [3.63, 3.8) is 0 Å². The predicted octanol–water partition coefficient (Wildman–Crippen LogP) is 6.85. The largest absolute Gasteiger partial charge is 0.416 e. The van der Waals surface area contributed by atoms with Crippen molar-refractivity contribution < 1.29 is 31.1 Å². The normalized spacial score (nSPS) is 12.5. The third-order valence-electron chi connectivity index (χ3n) is 4.57. The number of nitrogens with one attached hydrogen (secondary N) is 2. The first kappa shape index (κ1) is 24.1. The summed E-state index contributed by atoms with van der Waals surface area (Å²) in [4.78, 5) is 12.5. The number of urea groups is 1. The highest BCUT2D eigenvalue weighted by molar-refractivity contribution is 5.99. The van der Waals surface area contributed by atoms with Crippen LogP contribution in [0.25, 0.3) is 5.69 Å². The van der Waals surface area contributed by atoms with E-state index in [4.69, 9.17) is 0 Å². The fourth-order valence-corrected chi connectivity index (χ4v) is 2.91.